The molecule has 0 bridgehead atoms. The summed E-state index contributed by atoms with van der Waals surface area (Å²) in [6, 6.07) is 0.0224. The Morgan fingerprint density at radius 2 is 2.00 bits per heavy atom. The fourth-order valence-electron chi connectivity index (χ4n) is 1.84. The molecule has 0 unspecified atom stereocenters. The Labute approximate surface area is 89.4 Å². The van der Waals surface area contributed by atoms with E-state index in [-0.39, 0.29) is 17.9 Å². The van der Waals surface area contributed by atoms with Crippen molar-refractivity contribution < 1.29 is 14.7 Å². The van der Waals surface area contributed by atoms with Crippen molar-refractivity contribution in [3.63, 3.8) is 0 Å². The van der Waals surface area contributed by atoms with Crippen molar-refractivity contribution in [2.24, 2.45) is 5.92 Å². The molecule has 0 aromatic heterocycles. The van der Waals surface area contributed by atoms with Gasteiger partial charge in [-0.05, 0) is 33.1 Å². The number of rotatable bonds is 3. The molecule has 0 radical (unpaired) electrons. The summed E-state index contributed by atoms with van der Waals surface area (Å²) in [4.78, 5) is 22.0. The molecule has 0 heterocycles. The van der Waals surface area contributed by atoms with Crippen LogP contribution in [0.4, 0.5) is 0 Å². The van der Waals surface area contributed by atoms with Crippen LogP contribution in [0.25, 0.3) is 0 Å². The zero-order chi connectivity index (χ0) is 11.4. The van der Waals surface area contributed by atoms with Gasteiger partial charge in [-0.25, -0.2) is 0 Å². The van der Waals surface area contributed by atoms with Crippen LogP contribution < -0.4 is 5.32 Å². The van der Waals surface area contributed by atoms with Crippen LogP contribution in [0.5, 0.6) is 0 Å². The van der Waals surface area contributed by atoms with Crippen LogP contribution in [0.3, 0.4) is 0 Å². The van der Waals surface area contributed by atoms with Crippen molar-refractivity contribution in [3.05, 3.63) is 11.6 Å². The molecule has 1 aliphatic rings. The van der Waals surface area contributed by atoms with Gasteiger partial charge in [0.25, 0.3) is 0 Å². The molecule has 1 amide bonds. The monoisotopic (exact) mass is 211 g/mol. The maximum absolute atomic E-state index is 11.4. The van der Waals surface area contributed by atoms with E-state index in [0.717, 1.165) is 12.0 Å². The van der Waals surface area contributed by atoms with Crippen LogP contribution >= 0.6 is 0 Å². The number of carboxylic acid groups (broad SMARTS) is 1. The minimum atomic E-state index is -0.756. The number of allylic oxidation sites excluding steroid dienone is 1. The summed E-state index contributed by atoms with van der Waals surface area (Å²) >= 11 is 0. The summed E-state index contributed by atoms with van der Waals surface area (Å²) in [6.07, 6.45) is 3.51. The third-order valence-electron chi connectivity index (χ3n) is 2.55. The predicted molar refractivity (Wildman–Crippen MR) is 56.3 cm³/mol. The Bertz CT molecular complexity index is 292. The van der Waals surface area contributed by atoms with Crippen LogP contribution in [0.1, 0.15) is 33.1 Å². The van der Waals surface area contributed by atoms with Gasteiger partial charge in [0.2, 0.25) is 5.91 Å². The van der Waals surface area contributed by atoms with Gasteiger partial charge >= 0.3 is 5.97 Å². The minimum Gasteiger partial charge on any atom is -0.481 e. The Balaban J connectivity index is 2.39. The average molecular weight is 211 g/mol. The molecule has 2 N–H and O–H groups in total. The van der Waals surface area contributed by atoms with Crippen LogP contribution in [0, 0.1) is 5.92 Å². The first-order valence-electron chi connectivity index (χ1n) is 5.17. The van der Waals surface area contributed by atoms with Crippen molar-refractivity contribution in [2.45, 2.75) is 39.2 Å². The molecule has 0 aromatic carbocycles. The number of carbonyl (C=O) groups excluding carboxylic acids is 1. The normalized spacial score (nSPS) is 24.7. The molecule has 0 spiro atoms. The zero-order valence-corrected chi connectivity index (χ0v) is 9.12. The number of nitrogens with one attached hydrogen (secondary N) is 1. The second-order valence-electron chi connectivity index (χ2n) is 4.28. The van der Waals surface area contributed by atoms with Gasteiger partial charge in [0, 0.05) is 12.1 Å². The van der Waals surface area contributed by atoms with Gasteiger partial charge in [0.05, 0.1) is 5.92 Å². The van der Waals surface area contributed by atoms with Gasteiger partial charge in [0.15, 0.2) is 0 Å². The van der Waals surface area contributed by atoms with E-state index in [1.54, 1.807) is 0 Å². The molecule has 2 atom stereocenters. The van der Waals surface area contributed by atoms with Gasteiger partial charge in [-0.3, -0.25) is 9.59 Å². The Kier molecular flexibility index (Phi) is 3.88. The Morgan fingerprint density at radius 3 is 2.47 bits per heavy atom. The van der Waals surface area contributed by atoms with Gasteiger partial charge in [-0.15, -0.1) is 0 Å². The lowest BCUT2D eigenvalue weighted by molar-refractivity contribution is -0.141. The standard InChI is InChI=1S/C11H17NO3/c1-7(2)5-10(13)12-9-4-3-8(6-9)11(14)15/h5,8-9H,3-4,6H2,1-2H3,(H,12,13)(H,14,15)/t8-,9+/m1/s1. The van der Waals surface area contributed by atoms with Crippen LogP contribution in [-0.2, 0) is 9.59 Å². The smallest absolute Gasteiger partial charge is 0.306 e. The van der Waals surface area contributed by atoms with Crippen LogP contribution in [0.2, 0.25) is 0 Å². The molecule has 1 aliphatic carbocycles. The van der Waals surface area contributed by atoms with Crippen molar-refractivity contribution in [2.75, 3.05) is 0 Å². The van der Waals surface area contributed by atoms with E-state index >= 15 is 0 Å². The molecule has 1 saturated carbocycles. The first kappa shape index (κ1) is 11.8. The molecule has 4 heteroatoms. The molecule has 4 nitrogen and oxygen atoms in total. The van der Waals surface area contributed by atoms with Crippen LogP contribution in [-0.4, -0.2) is 23.0 Å². The second-order valence-corrected chi connectivity index (χ2v) is 4.28. The number of hydrogen-bond acceptors (Lipinski definition) is 2. The second kappa shape index (κ2) is 4.96. The van der Waals surface area contributed by atoms with E-state index in [1.165, 1.54) is 6.08 Å². The molecule has 1 rings (SSSR count). The van der Waals surface area contributed by atoms with Gasteiger partial charge in [-0.2, -0.15) is 0 Å². The quantitative estimate of drug-likeness (QED) is 0.692. The topological polar surface area (TPSA) is 66.4 Å². The minimum absolute atomic E-state index is 0.0224. The average Bonchev–Trinajstić information content (AvgIpc) is 2.50. The lowest BCUT2D eigenvalue weighted by Gasteiger charge is -2.10. The van der Waals surface area contributed by atoms with Crippen molar-refractivity contribution in [1.29, 1.82) is 0 Å². The van der Waals surface area contributed by atoms with Gasteiger partial charge in [0.1, 0.15) is 0 Å². The van der Waals surface area contributed by atoms with E-state index < -0.39 is 5.97 Å². The zero-order valence-electron chi connectivity index (χ0n) is 9.12. The maximum Gasteiger partial charge on any atom is 0.306 e. The predicted octanol–water partition coefficient (Wildman–Crippen LogP) is 1.32. The van der Waals surface area contributed by atoms with Crippen LogP contribution in [0.15, 0.2) is 11.6 Å². The highest BCUT2D eigenvalue weighted by molar-refractivity contribution is 5.88. The van der Waals surface area contributed by atoms with E-state index in [9.17, 15) is 9.59 Å². The highest BCUT2D eigenvalue weighted by Crippen LogP contribution is 2.25. The van der Waals surface area contributed by atoms with Crippen molar-refractivity contribution >= 4 is 11.9 Å². The van der Waals surface area contributed by atoms with E-state index in [1.807, 2.05) is 13.8 Å². The fourth-order valence-corrected chi connectivity index (χ4v) is 1.84. The largest absolute Gasteiger partial charge is 0.481 e. The Hall–Kier alpha value is -1.32. The number of carbonyl (C=O) groups is 2. The molecule has 84 valence electrons. The summed E-state index contributed by atoms with van der Waals surface area (Å²) in [7, 11) is 0. The molecule has 0 saturated heterocycles. The summed E-state index contributed by atoms with van der Waals surface area (Å²) < 4.78 is 0. The molecule has 0 aromatic rings. The number of hydrogen-bond donors (Lipinski definition) is 2. The molecule has 0 aliphatic heterocycles. The lowest BCUT2D eigenvalue weighted by atomic mass is 10.1. The summed E-state index contributed by atoms with van der Waals surface area (Å²) in [5.74, 6) is -1.16. The van der Waals surface area contributed by atoms with E-state index in [0.29, 0.717) is 12.8 Å². The molecular weight excluding hydrogens is 194 g/mol. The highest BCUT2D eigenvalue weighted by Gasteiger charge is 2.30. The molecular formula is C11H17NO3. The maximum atomic E-state index is 11.4. The SMILES string of the molecule is CC(C)=CC(=O)N[C@H]1CC[C@@H](C(=O)O)C1. The molecule has 15 heavy (non-hydrogen) atoms. The van der Waals surface area contributed by atoms with E-state index in [4.69, 9.17) is 5.11 Å². The van der Waals surface area contributed by atoms with Crippen molar-refractivity contribution in [1.82, 2.24) is 5.32 Å². The molecule has 1 fully saturated rings. The summed E-state index contributed by atoms with van der Waals surface area (Å²) in [6.45, 7) is 3.71. The van der Waals surface area contributed by atoms with E-state index in [2.05, 4.69) is 5.32 Å². The Morgan fingerprint density at radius 1 is 1.33 bits per heavy atom. The summed E-state index contributed by atoms with van der Waals surface area (Å²) in [5.41, 5.74) is 0.945. The van der Waals surface area contributed by atoms with Gasteiger partial charge in [-0.1, -0.05) is 5.57 Å². The third kappa shape index (κ3) is 3.73. The third-order valence-corrected chi connectivity index (χ3v) is 2.55. The number of amides is 1. The lowest BCUT2D eigenvalue weighted by Crippen LogP contribution is -2.32. The summed E-state index contributed by atoms with van der Waals surface area (Å²) in [5, 5.41) is 11.6. The number of carboxylic acids is 1. The van der Waals surface area contributed by atoms with Gasteiger partial charge < -0.3 is 10.4 Å². The fraction of sp³-hybridized carbons (Fsp3) is 0.636. The highest BCUT2D eigenvalue weighted by atomic mass is 16.4. The number of aliphatic carboxylic acids is 1. The first-order valence-corrected chi connectivity index (χ1v) is 5.17. The van der Waals surface area contributed by atoms with Crippen molar-refractivity contribution in [3.8, 4) is 0 Å². The first-order chi connectivity index (χ1) is 6.99.